The molecule has 33 heavy (non-hydrogen) atoms. The molecule has 1 N–H and O–H groups in total. The van der Waals surface area contributed by atoms with Gasteiger partial charge in [-0.15, -0.1) is 0 Å². The summed E-state index contributed by atoms with van der Waals surface area (Å²) in [6, 6.07) is 13.0. The summed E-state index contributed by atoms with van der Waals surface area (Å²) in [7, 11) is 0. The molecule has 1 fully saturated rings. The molecule has 168 valence electrons. The predicted octanol–water partition coefficient (Wildman–Crippen LogP) is 5.67. The molecule has 1 atom stereocenters. The summed E-state index contributed by atoms with van der Waals surface area (Å²) in [5.41, 5.74) is 2.07. The number of halogens is 4. The third-order valence-corrected chi connectivity index (χ3v) is 5.85. The van der Waals surface area contributed by atoms with Gasteiger partial charge in [0.1, 0.15) is 0 Å². The molecular formula is C23H17ClF3N5O. The number of nitrogens with one attached hydrogen (secondary N) is 1. The fourth-order valence-electron chi connectivity index (χ4n) is 4.08. The van der Waals surface area contributed by atoms with Crippen LogP contribution >= 0.6 is 11.6 Å². The molecule has 3 heterocycles. The summed E-state index contributed by atoms with van der Waals surface area (Å²) in [5.74, 6) is -0.853. The number of H-pyrrole nitrogens is 1. The predicted molar refractivity (Wildman–Crippen MR) is 117 cm³/mol. The number of benzene rings is 2. The van der Waals surface area contributed by atoms with Gasteiger partial charge in [0.2, 0.25) is 5.82 Å². The van der Waals surface area contributed by atoms with E-state index >= 15 is 0 Å². The molecule has 0 aliphatic carbocycles. The van der Waals surface area contributed by atoms with Crippen LogP contribution in [0.1, 0.15) is 40.8 Å². The van der Waals surface area contributed by atoms with E-state index in [9.17, 15) is 18.0 Å². The molecule has 1 aliphatic heterocycles. The number of aromatic amines is 1. The molecule has 5 rings (SSSR count). The largest absolute Gasteiger partial charge is 0.449 e. The normalized spacial score (nSPS) is 16.5. The van der Waals surface area contributed by atoms with Crippen molar-refractivity contribution in [3.05, 3.63) is 76.8 Å². The van der Waals surface area contributed by atoms with Crippen LogP contribution in [0.3, 0.4) is 0 Å². The third kappa shape index (κ3) is 4.16. The van der Waals surface area contributed by atoms with Crippen LogP contribution in [0.5, 0.6) is 0 Å². The topological polar surface area (TPSA) is 74.8 Å². The van der Waals surface area contributed by atoms with E-state index in [2.05, 4.69) is 19.9 Å². The van der Waals surface area contributed by atoms with E-state index in [1.807, 2.05) is 12.1 Å². The highest BCUT2D eigenvalue weighted by Crippen LogP contribution is 2.34. The number of carbonyl (C=O) groups is 1. The van der Waals surface area contributed by atoms with E-state index in [0.717, 1.165) is 18.4 Å². The lowest BCUT2D eigenvalue weighted by Gasteiger charge is -2.24. The molecule has 2 aromatic heterocycles. The van der Waals surface area contributed by atoms with Gasteiger partial charge in [0.25, 0.3) is 5.91 Å². The van der Waals surface area contributed by atoms with Crippen molar-refractivity contribution in [2.75, 3.05) is 6.54 Å². The second-order valence-corrected chi connectivity index (χ2v) is 8.22. The number of alkyl halides is 3. The maximum Gasteiger partial charge on any atom is 0.449 e. The summed E-state index contributed by atoms with van der Waals surface area (Å²) in [4.78, 5) is 29.8. The lowest BCUT2D eigenvalue weighted by Crippen LogP contribution is -2.31. The highest BCUT2D eigenvalue weighted by Gasteiger charge is 2.35. The average molecular weight is 472 g/mol. The van der Waals surface area contributed by atoms with Crippen molar-refractivity contribution in [2.45, 2.75) is 25.1 Å². The summed E-state index contributed by atoms with van der Waals surface area (Å²) in [6.45, 7) is 0.523. The Morgan fingerprint density at radius 3 is 2.76 bits per heavy atom. The van der Waals surface area contributed by atoms with Crippen molar-refractivity contribution < 1.29 is 18.0 Å². The number of rotatable bonds is 3. The number of nitrogens with zero attached hydrogens (tertiary/aromatic N) is 4. The zero-order chi connectivity index (χ0) is 23.2. The minimum absolute atomic E-state index is 0.152. The molecule has 4 aromatic rings. The van der Waals surface area contributed by atoms with Crippen LogP contribution in [0, 0.1) is 0 Å². The van der Waals surface area contributed by atoms with Crippen molar-refractivity contribution in [3.63, 3.8) is 0 Å². The van der Waals surface area contributed by atoms with E-state index in [4.69, 9.17) is 11.6 Å². The Hall–Kier alpha value is -3.46. The minimum Gasteiger partial charge on any atom is -0.334 e. The van der Waals surface area contributed by atoms with Crippen LogP contribution in [0.2, 0.25) is 5.02 Å². The van der Waals surface area contributed by atoms with Gasteiger partial charge in [-0.2, -0.15) is 13.2 Å². The molecule has 0 bridgehead atoms. The van der Waals surface area contributed by atoms with Gasteiger partial charge in [0, 0.05) is 28.9 Å². The molecule has 6 nitrogen and oxygen atoms in total. The zero-order valence-electron chi connectivity index (χ0n) is 17.1. The molecular weight excluding hydrogens is 455 g/mol. The molecule has 10 heteroatoms. The molecule has 0 radical (unpaired) electrons. The summed E-state index contributed by atoms with van der Waals surface area (Å²) < 4.78 is 38.9. The van der Waals surface area contributed by atoms with Crippen LogP contribution in [-0.4, -0.2) is 37.3 Å². The number of imidazole rings is 1. The molecule has 1 aliphatic rings. The average Bonchev–Trinajstić information content (AvgIpc) is 3.45. The fraction of sp³-hybridized carbons (Fsp3) is 0.217. The van der Waals surface area contributed by atoms with Gasteiger partial charge in [0.05, 0.1) is 22.8 Å². The number of carbonyl (C=O) groups excluding carboxylic acids is 1. The van der Waals surface area contributed by atoms with Gasteiger partial charge >= 0.3 is 6.18 Å². The Bertz CT molecular complexity index is 1350. The fourth-order valence-corrected chi connectivity index (χ4v) is 4.28. The zero-order valence-corrected chi connectivity index (χ0v) is 17.9. The standard InChI is InChI=1S/C23H17ClF3N5O/c24-15-4-1-3-13(11-15)20-28-9-8-17(29-20)19-5-2-10-32(19)21(33)14-6-7-16-18(12-14)31-22(30-16)23(25,26)27/h1,3-4,6-9,11-12,19H,2,5,10H2,(H,30,31)/t19-/m1/s1. The maximum atomic E-state index is 13.3. The van der Waals surface area contributed by atoms with Crippen LogP contribution in [0.15, 0.2) is 54.7 Å². The monoisotopic (exact) mass is 471 g/mol. The first-order valence-electron chi connectivity index (χ1n) is 10.3. The minimum atomic E-state index is -4.59. The molecule has 0 saturated carbocycles. The van der Waals surface area contributed by atoms with Crippen molar-refractivity contribution in [3.8, 4) is 11.4 Å². The van der Waals surface area contributed by atoms with Crippen molar-refractivity contribution >= 4 is 28.5 Å². The van der Waals surface area contributed by atoms with E-state index in [-0.39, 0.29) is 28.5 Å². The van der Waals surface area contributed by atoms with Crippen LogP contribution in [-0.2, 0) is 6.18 Å². The number of hydrogen-bond donors (Lipinski definition) is 1. The molecule has 1 saturated heterocycles. The van der Waals surface area contributed by atoms with E-state index in [1.54, 1.807) is 29.3 Å². The Morgan fingerprint density at radius 1 is 1.12 bits per heavy atom. The Labute approximate surface area is 191 Å². The van der Waals surface area contributed by atoms with Gasteiger partial charge in [-0.05, 0) is 49.2 Å². The molecule has 2 aromatic carbocycles. The van der Waals surface area contributed by atoms with Gasteiger partial charge in [0.15, 0.2) is 5.82 Å². The molecule has 0 spiro atoms. The van der Waals surface area contributed by atoms with Crippen LogP contribution in [0.25, 0.3) is 22.4 Å². The second-order valence-electron chi connectivity index (χ2n) is 7.79. The number of hydrogen-bond acceptors (Lipinski definition) is 4. The van der Waals surface area contributed by atoms with Crippen LogP contribution in [0.4, 0.5) is 13.2 Å². The highest BCUT2D eigenvalue weighted by molar-refractivity contribution is 6.30. The van der Waals surface area contributed by atoms with Crippen LogP contribution < -0.4 is 0 Å². The third-order valence-electron chi connectivity index (χ3n) is 5.61. The summed E-state index contributed by atoms with van der Waals surface area (Å²) >= 11 is 6.08. The van der Waals surface area contributed by atoms with Gasteiger partial charge in [-0.25, -0.2) is 15.0 Å². The van der Waals surface area contributed by atoms with E-state index < -0.39 is 12.0 Å². The Balaban J connectivity index is 1.44. The summed E-state index contributed by atoms with van der Waals surface area (Å²) in [6.07, 6.45) is -1.43. The van der Waals surface area contributed by atoms with Crippen molar-refractivity contribution in [1.29, 1.82) is 0 Å². The number of aromatic nitrogens is 4. The number of likely N-dealkylation sites (tertiary alicyclic amines) is 1. The van der Waals surface area contributed by atoms with Gasteiger partial charge in [-0.1, -0.05) is 23.7 Å². The molecule has 1 amide bonds. The van der Waals surface area contributed by atoms with E-state index in [0.29, 0.717) is 23.1 Å². The van der Waals surface area contributed by atoms with Gasteiger partial charge in [-0.3, -0.25) is 4.79 Å². The van der Waals surface area contributed by atoms with Crippen molar-refractivity contribution in [2.24, 2.45) is 0 Å². The molecule has 0 unspecified atom stereocenters. The SMILES string of the molecule is O=C(c1ccc2nc(C(F)(F)F)[nH]c2c1)N1CCC[C@@H]1c1ccnc(-c2cccc(Cl)c2)n1. The lowest BCUT2D eigenvalue weighted by atomic mass is 10.1. The van der Waals surface area contributed by atoms with Crippen molar-refractivity contribution in [1.82, 2.24) is 24.8 Å². The smallest absolute Gasteiger partial charge is 0.334 e. The first-order chi connectivity index (χ1) is 15.8. The summed E-state index contributed by atoms with van der Waals surface area (Å²) in [5, 5.41) is 0.571. The Kier molecular flexibility index (Phi) is 5.28. The number of fused-ring (bicyclic) bond motifs is 1. The van der Waals surface area contributed by atoms with E-state index in [1.165, 1.54) is 18.2 Å². The maximum absolute atomic E-state index is 13.3. The highest BCUT2D eigenvalue weighted by atomic mass is 35.5. The van der Waals surface area contributed by atoms with Gasteiger partial charge < -0.3 is 9.88 Å². The first-order valence-corrected chi connectivity index (χ1v) is 10.6. The Morgan fingerprint density at radius 2 is 1.97 bits per heavy atom. The first kappa shape index (κ1) is 21.4. The lowest BCUT2D eigenvalue weighted by molar-refractivity contribution is -0.144. The second kappa shape index (κ2) is 8.15. The quantitative estimate of drug-likeness (QED) is 0.418. The number of amides is 1.